The number of rotatable bonds is 14. The predicted octanol–water partition coefficient (Wildman–Crippen LogP) is 5.62. The van der Waals surface area contributed by atoms with E-state index in [0.717, 1.165) is 104 Å². The van der Waals surface area contributed by atoms with Crippen LogP contribution in [0.3, 0.4) is 0 Å². The first-order chi connectivity index (χ1) is 28.3. The van der Waals surface area contributed by atoms with Crippen LogP contribution in [0.1, 0.15) is 110 Å². The van der Waals surface area contributed by atoms with Crippen molar-refractivity contribution in [2.45, 2.75) is 113 Å². The largest absolute Gasteiger partial charge is 1.00 e. The molecule has 60 heavy (non-hydrogen) atoms. The van der Waals surface area contributed by atoms with Gasteiger partial charge in [0.25, 0.3) is 12.6 Å². The third kappa shape index (κ3) is 8.86. The lowest BCUT2D eigenvalue weighted by atomic mass is 9.86. The molecule has 1 aromatic heterocycles. The molecule has 3 atom stereocenters. The topological polar surface area (TPSA) is 129 Å². The number of esters is 1. The van der Waals surface area contributed by atoms with E-state index in [4.69, 9.17) is 24.5 Å². The van der Waals surface area contributed by atoms with Crippen LogP contribution in [0.5, 0.6) is 0 Å². The number of fused-ring (bicyclic) bond motifs is 5. The number of aliphatic hydroxyl groups is 1. The zero-order valence-electron chi connectivity index (χ0n) is 36.5. The second-order valence-corrected chi connectivity index (χ2v) is 16.6. The van der Waals surface area contributed by atoms with Crippen molar-refractivity contribution in [1.29, 1.82) is 0 Å². The van der Waals surface area contributed by atoms with Gasteiger partial charge in [0.1, 0.15) is 11.3 Å². The van der Waals surface area contributed by atoms with Crippen LogP contribution in [0, 0.1) is 11.8 Å². The van der Waals surface area contributed by atoms with Gasteiger partial charge in [-0.3, -0.25) is 9.59 Å². The fraction of sp³-hybridized carbons (Fsp3) is 0.458. The minimum atomic E-state index is -0.333. The number of hydrogen-bond donors (Lipinski definition) is 2. The second-order valence-electron chi connectivity index (χ2n) is 16.6. The quantitative estimate of drug-likeness (QED) is 0.108. The molecule has 11 nitrogen and oxygen atoms in total. The Hall–Kier alpha value is -4.69. The highest BCUT2D eigenvalue weighted by atomic mass is 127. The van der Waals surface area contributed by atoms with E-state index < -0.39 is 0 Å². The number of allylic oxidation sites excluding steroid dienone is 11. The van der Waals surface area contributed by atoms with E-state index in [1.54, 1.807) is 43.2 Å². The van der Waals surface area contributed by atoms with Gasteiger partial charge < -0.3 is 48.8 Å². The normalized spacial score (nSPS) is 21.1. The third-order valence-corrected chi connectivity index (χ3v) is 12.4. The van der Waals surface area contributed by atoms with Gasteiger partial charge in [0.05, 0.1) is 40.3 Å². The highest BCUT2D eigenvalue weighted by Gasteiger charge is 2.41. The molecule has 1 aliphatic carbocycles. The molecule has 7 rings (SSSR count). The van der Waals surface area contributed by atoms with Crippen molar-refractivity contribution in [3.63, 3.8) is 0 Å². The molecule has 1 fully saturated rings. The zero-order chi connectivity index (χ0) is 42.1. The molecule has 5 aliphatic heterocycles. The van der Waals surface area contributed by atoms with Gasteiger partial charge >= 0.3 is 5.97 Å². The molecule has 6 heterocycles. The molecular weight excluding hydrogens is 867 g/mol. The molecule has 12 heteroatoms. The molecule has 0 spiro atoms. The number of aliphatic imine (C=N–C) groups is 3. The van der Waals surface area contributed by atoms with E-state index in [1.165, 1.54) is 17.7 Å². The first-order valence-corrected chi connectivity index (χ1v) is 21.3. The molecule has 2 N–H and O–H groups in total. The standard InChI is InChI=1S/C48H58N6O5.HI/c1-10-12-13-14-20-58-31(7)44-29(5)38-22-37-28(4)34(17-18-43(56)59-26-54-19-15-16-32(25-54)48(57)53(8)9)46(51-37)35-21-42(55)45-30(6)39(52-47(35)45)23-40-33(11-2)27(3)36(49-40)24-41(44)50-38;/h15-16,19,22-25,28,31,34H,10-14,17-18,20-21,26H2,1-9H3,(H-,49,50,51,52,55);1H/t28?,31?,34-;/m0./s1. The van der Waals surface area contributed by atoms with Crippen molar-refractivity contribution >= 4 is 29.0 Å². The number of halogens is 1. The number of aromatic nitrogens is 1. The number of nitrogens with zero attached hydrogens (tertiary/aromatic N) is 5. The van der Waals surface area contributed by atoms with Crippen LogP contribution in [-0.2, 0) is 21.0 Å². The van der Waals surface area contributed by atoms with Gasteiger partial charge in [0.2, 0.25) is 0 Å². The number of carbonyl (C=O) groups excluding carboxylic acids is 2. The Labute approximate surface area is 371 Å². The minimum Gasteiger partial charge on any atom is -1.00 e. The summed E-state index contributed by atoms with van der Waals surface area (Å²) in [6.45, 7) is 15.6. The van der Waals surface area contributed by atoms with Gasteiger partial charge in [-0.2, -0.15) is 4.57 Å². The molecule has 6 aliphatic rings. The van der Waals surface area contributed by atoms with Crippen LogP contribution in [0.15, 0.2) is 131 Å². The summed E-state index contributed by atoms with van der Waals surface area (Å²) in [4.78, 5) is 43.1. The van der Waals surface area contributed by atoms with Crippen LogP contribution >= 0.6 is 0 Å². The Balaban J connectivity index is 0.00000604. The lowest BCUT2D eigenvalue weighted by Crippen LogP contribution is -3.00. The minimum absolute atomic E-state index is 0. The number of carbonyl (C=O) groups is 2. The van der Waals surface area contributed by atoms with Crippen molar-refractivity contribution in [2.24, 2.45) is 26.8 Å². The van der Waals surface area contributed by atoms with Crippen molar-refractivity contribution in [3.8, 4) is 0 Å². The van der Waals surface area contributed by atoms with Crippen LogP contribution < -0.4 is 33.9 Å². The molecule has 1 saturated heterocycles. The molecule has 318 valence electrons. The van der Waals surface area contributed by atoms with Crippen molar-refractivity contribution in [2.75, 3.05) is 20.7 Å². The maximum absolute atomic E-state index is 13.4. The fourth-order valence-electron chi connectivity index (χ4n) is 8.99. The Morgan fingerprint density at radius 3 is 2.48 bits per heavy atom. The highest BCUT2D eigenvalue weighted by molar-refractivity contribution is 6.21. The summed E-state index contributed by atoms with van der Waals surface area (Å²) >= 11 is 0. The van der Waals surface area contributed by atoms with Crippen LogP contribution in [0.2, 0.25) is 0 Å². The maximum atomic E-state index is 13.4. The van der Waals surface area contributed by atoms with Crippen LogP contribution in [0.25, 0.3) is 0 Å². The Kier molecular flexibility index (Phi) is 14.1. The third-order valence-electron chi connectivity index (χ3n) is 12.4. The summed E-state index contributed by atoms with van der Waals surface area (Å²) in [7, 11) is 3.41. The van der Waals surface area contributed by atoms with E-state index in [-0.39, 0.29) is 66.9 Å². The first-order valence-electron chi connectivity index (χ1n) is 21.3. The van der Waals surface area contributed by atoms with Gasteiger partial charge in [-0.25, -0.2) is 15.0 Å². The SMILES string of the molecule is CCCCCCOC(C)C1=C(C)C2=NC1=CC1=NC(=CC3=C(C)C4=C(O)CC(=C5NC(=C2)C(C)[C@@H]5CCC(=O)OC[n+]2cccc(C(=O)N(C)C)c2)C4=N3)C(CC)=C1C.[I-]. The number of aliphatic hydroxyl groups excluding tert-OH is 1. The number of amides is 1. The molecule has 0 radical (unpaired) electrons. The van der Waals surface area contributed by atoms with Crippen molar-refractivity contribution in [3.05, 3.63) is 122 Å². The van der Waals surface area contributed by atoms with E-state index in [2.05, 4.69) is 65.1 Å². The van der Waals surface area contributed by atoms with Gasteiger partial charge in [-0.05, 0) is 93.5 Å². The Morgan fingerprint density at radius 1 is 1.00 bits per heavy atom. The molecule has 8 bridgehead atoms. The molecule has 2 unspecified atom stereocenters. The molecular formula is C48H59IN6O5. The molecule has 1 aromatic rings. The summed E-state index contributed by atoms with van der Waals surface area (Å²) in [5.41, 5.74) is 14.6. The van der Waals surface area contributed by atoms with Crippen molar-refractivity contribution in [1.82, 2.24) is 10.2 Å². The average Bonchev–Trinajstić information content (AvgIpc) is 3.97. The van der Waals surface area contributed by atoms with E-state index in [9.17, 15) is 14.7 Å². The summed E-state index contributed by atoms with van der Waals surface area (Å²) < 4.78 is 13.9. The van der Waals surface area contributed by atoms with Crippen LogP contribution in [-0.4, -0.2) is 65.8 Å². The van der Waals surface area contributed by atoms with E-state index in [1.807, 2.05) is 6.92 Å². The number of nitrogens with one attached hydrogen (secondary N) is 1. The molecule has 0 saturated carbocycles. The number of pyridine rings is 1. The molecule has 1 amide bonds. The summed E-state index contributed by atoms with van der Waals surface area (Å²) in [5.74, 6) is -0.256. The monoisotopic (exact) mass is 926 g/mol. The van der Waals surface area contributed by atoms with Gasteiger partial charge in [0.15, 0.2) is 12.4 Å². The lowest BCUT2D eigenvalue weighted by molar-refractivity contribution is -0.727. The zero-order valence-corrected chi connectivity index (χ0v) is 38.7. The van der Waals surface area contributed by atoms with Crippen LogP contribution in [0.4, 0.5) is 0 Å². The fourth-order valence-corrected chi connectivity index (χ4v) is 8.99. The Morgan fingerprint density at radius 2 is 1.75 bits per heavy atom. The van der Waals surface area contributed by atoms with E-state index in [0.29, 0.717) is 30.8 Å². The number of unbranched alkanes of at least 4 members (excludes halogenated alkanes) is 3. The van der Waals surface area contributed by atoms with E-state index >= 15 is 0 Å². The van der Waals surface area contributed by atoms with Gasteiger partial charge in [-0.1, -0.05) is 40.0 Å². The summed E-state index contributed by atoms with van der Waals surface area (Å²) in [6.07, 6.45) is 16.0. The van der Waals surface area contributed by atoms with Gasteiger partial charge in [-0.15, -0.1) is 0 Å². The Bertz CT molecular complexity index is 2330. The highest BCUT2D eigenvalue weighted by Crippen LogP contribution is 2.46. The average molecular weight is 927 g/mol. The second kappa shape index (κ2) is 18.9. The first kappa shape index (κ1) is 44.9. The number of ether oxygens (including phenoxy) is 2. The lowest BCUT2D eigenvalue weighted by Gasteiger charge is -2.17. The summed E-state index contributed by atoms with van der Waals surface area (Å²) in [5, 5.41) is 15.3. The van der Waals surface area contributed by atoms with Gasteiger partial charge in [0, 0.05) is 79.6 Å². The van der Waals surface area contributed by atoms with Crippen molar-refractivity contribution < 1.29 is 52.7 Å². The number of hydrogen-bond acceptors (Lipinski definition) is 9. The maximum Gasteiger partial charge on any atom is 0.310 e. The predicted molar refractivity (Wildman–Crippen MR) is 232 cm³/mol. The summed E-state index contributed by atoms with van der Waals surface area (Å²) in [6, 6.07) is 3.51. The molecule has 0 aromatic carbocycles. The smallest absolute Gasteiger partial charge is 0.310 e.